The zero-order valence-corrected chi connectivity index (χ0v) is 17.4. The number of rotatable bonds is 6. The summed E-state index contributed by atoms with van der Waals surface area (Å²) in [5.74, 6) is -0.748. The molecule has 160 valence electrons. The topological polar surface area (TPSA) is 101 Å². The van der Waals surface area contributed by atoms with Gasteiger partial charge in [0, 0.05) is 5.56 Å². The molecular weight excluding hydrogens is 400 g/mol. The Hall–Kier alpha value is -3.75. The van der Waals surface area contributed by atoms with Crippen LogP contribution in [-0.2, 0) is 27.3 Å². The summed E-state index contributed by atoms with van der Waals surface area (Å²) in [6, 6.07) is 10.4. The van der Waals surface area contributed by atoms with Crippen molar-refractivity contribution in [1.82, 2.24) is 5.01 Å². The van der Waals surface area contributed by atoms with Gasteiger partial charge in [0.15, 0.2) is 12.1 Å². The SMILES string of the molecule is CCc1ccc(N2C(=O)[C@H]3N=NN(Cc4cc(C(=O)OC)ccc4OC)[C@@H]3C2=O)cc1. The molecule has 0 bridgehead atoms. The number of carbonyl (C=O) groups is 3. The Balaban J connectivity index is 1.60. The minimum Gasteiger partial charge on any atom is -0.496 e. The van der Waals surface area contributed by atoms with E-state index in [1.807, 2.05) is 19.1 Å². The maximum Gasteiger partial charge on any atom is 0.337 e. The van der Waals surface area contributed by atoms with Crippen LogP contribution < -0.4 is 9.64 Å². The third-order valence-corrected chi connectivity index (χ3v) is 5.49. The van der Waals surface area contributed by atoms with Gasteiger partial charge in [0.05, 0.1) is 32.0 Å². The van der Waals surface area contributed by atoms with Crippen LogP contribution in [0.1, 0.15) is 28.4 Å². The lowest BCUT2D eigenvalue weighted by atomic mass is 10.1. The van der Waals surface area contributed by atoms with Crippen LogP contribution in [0, 0.1) is 0 Å². The van der Waals surface area contributed by atoms with Crippen molar-refractivity contribution in [1.29, 1.82) is 0 Å². The summed E-state index contributed by atoms with van der Waals surface area (Å²) in [7, 11) is 2.81. The average Bonchev–Trinajstić information content (AvgIpc) is 3.32. The van der Waals surface area contributed by atoms with Crippen molar-refractivity contribution >= 4 is 23.5 Å². The second kappa shape index (κ2) is 8.17. The maximum atomic E-state index is 13.2. The van der Waals surface area contributed by atoms with Crippen molar-refractivity contribution in [2.24, 2.45) is 10.3 Å². The molecule has 0 aromatic heterocycles. The molecule has 1 saturated heterocycles. The van der Waals surface area contributed by atoms with Crippen LogP contribution in [0.5, 0.6) is 5.75 Å². The fraction of sp³-hybridized carbons (Fsp3) is 0.318. The van der Waals surface area contributed by atoms with Gasteiger partial charge in [-0.05, 0) is 42.3 Å². The normalized spacial score (nSPS) is 19.7. The number of amides is 2. The standard InChI is InChI=1S/C22H22N4O5/c1-4-13-5-8-16(9-6-13)26-20(27)18-19(21(26)28)25(24-23-18)12-15-11-14(22(29)31-3)7-10-17(15)30-2/h5-11,18-19H,4,12H2,1-3H3/t18-,19-/m0/s1. The lowest BCUT2D eigenvalue weighted by Crippen LogP contribution is -2.39. The molecule has 0 unspecified atom stereocenters. The van der Waals surface area contributed by atoms with Crippen molar-refractivity contribution in [2.45, 2.75) is 32.0 Å². The number of ether oxygens (including phenoxy) is 2. The third-order valence-electron chi connectivity index (χ3n) is 5.49. The number of hydrogen-bond acceptors (Lipinski definition) is 8. The van der Waals surface area contributed by atoms with Crippen LogP contribution >= 0.6 is 0 Å². The first-order valence-corrected chi connectivity index (χ1v) is 9.87. The predicted octanol–water partition coefficient (Wildman–Crippen LogP) is 2.54. The Morgan fingerprint density at radius 3 is 2.45 bits per heavy atom. The van der Waals surface area contributed by atoms with E-state index < -0.39 is 24.0 Å². The molecule has 2 aromatic rings. The van der Waals surface area contributed by atoms with Gasteiger partial charge in [0.1, 0.15) is 5.75 Å². The molecular formula is C22H22N4O5. The molecule has 4 rings (SSSR count). The molecule has 2 atom stereocenters. The molecule has 9 heteroatoms. The fourth-order valence-electron chi connectivity index (χ4n) is 3.81. The summed E-state index contributed by atoms with van der Waals surface area (Å²) in [6.45, 7) is 2.17. The number of aryl methyl sites for hydroxylation is 1. The molecule has 0 aliphatic carbocycles. The van der Waals surface area contributed by atoms with Gasteiger partial charge in [-0.3, -0.25) is 14.6 Å². The number of nitrogens with zero attached hydrogens (tertiary/aromatic N) is 4. The molecule has 2 aliphatic rings. The van der Waals surface area contributed by atoms with Crippen LogP contribution in [0.2, 0.25) is 0 Å². The second-order valence-electron chi connectivity index (χ2n) is 7.24. The fourth-order valence-corrected chi connectivity index (χ4v) is 3.81. The molecule has 9 nitrogen and oxygen atoms in total. The summed E-state index contributed by atoms with van der Waals surface area (Å²) in [4.78, 5) is 39.1. The van der Waals surface area contributed by atoms with E-state index in [1.54, 1.807) is 30.3 Å². The molecule has 0 saturated carbocycles. The van der Waals surface area contributed by atoms with E-state index in [0.717, 1.165) is 12.0 Å². The molecule has 2 amide bonds. The van der Waals surface area contributed by atoms with E-state index in [-0.39, 0.29) is 12.5 Å². The molecule has 1 fully saturated rings. The average molecular weight is 422 g/mol. The van der Waals surface area contributed by atoms with E-state index in [0.29, 0.717) is 22.6 Å². The van der Waals surface area contributed by atoms with E-state index in [4.69, 9.17) is 9.47 Å². The lowest BCUT2D eigenvalue weighted by Gasteiger charge is -2.22. The monoisotopic (exact) mass is 422 g/mol. The number of methoxy groups -OCH3 is 2. The van der Waals surface area contributed by atoms with Gasteiger partial charge >= 0.3 is 5.97 Å². The number of imide groups is 1. The van der Waals surface area contributed by atoms with Gasteiger partial charge in [-0.15, -0.1) is 0 Å². The van der Waals surface area contributed by atoms with Crippen LogP contribution in [0.25, 0.3) is 0 Å². The highest BCUT2D eigenvalue weighted by molar-refractivity contribution is 6.25. The van der Waals surface area contributed by atoms with Crippen molar-refractivity contribution in [3.63, 3.8) is 0 Å². The summed E-state index contributed by atoms with van der Waals surface area (Å²) in [5, 5.41) is 9.57. The van der Waals surface area contributed by atoms with Gasteiger partial charge < -0.3 is 9.47 Å². The highest BCUT2D eigenvalue weighted by Crippen LogP contribution is 2.34. The zero-order valence-electron chi connectivity index (χ0n) is 17.4. The third kappa shape index (κ3) is 3.52. The highest BCUT2D eigenvalue weighted by atomic mass is 16.5. The number of benzene rings is 2. The lowest BCUT2D eigenvalue weighted by molar-refractivity contribution is -0.123. The summed E-state index contributed by atoms with van der Waals surface area (Å²) >= 11 is 0. The van der Waals surface area contributed by atoms with Gasteiger partial charge in [0.25, 0.3) is 11.8 Å². The van der Waals surface area contributed by atoms with Crippen molar-refractivity contribution in [3.8, 4) is 5.75 Å². The van der Waals surface area contributed by atoms with E-state index >= 15 is 0 Å². The number of carbonyl (C=O) groups excluding carboxylic acids is 3. The Kier molecular flexibility index (Phi) is 5.41. The van der Waals surface area contributed by atoms with Crippen LogP contribution in [-0.4, -0.2) is 49.1 Å². The van der Waals surface area contributed by atoms with Gasteiger partial charge in [-0.2, -0.15) is 5.11 Å². The number of esters is 1. The number of fused-ring (bicyclic) bond motifs is 1. The molecule has 31 heavy (non-hydrogen) atoms. The van der Waals surface area contributed by atoms with E-state index in [1.165, 1.54) is 24.1 Å². The molecule has 0 spiro atoms. The summed E-state index contributed by atoms with van der Waals surface area (Å²) in [5.41, 5.74) is 2.59. The molecule has 2 aromatic carbocycles. The van der Waals surface area contributed by atoms with E-state index in [2.05, 4.69) is 10.3 Å². The second-order valence-corrected chi connectivity index (χ2v) is 7.24. The van der Waals surface area contributed by atoms with Crippen molar-refractivity contribution < 1.29 is 23.9 Å². The summed E-state index contributed by atoms with van der Waals surface area (Å²) < 4.78 is 10.2. The van der Waals surface area contributed by atoms with Gasteiger partial charge in [0.2, 0.25) is 0 Å². The largest absolute Gasteiger partial charge is 0.496 e. The van der Waals surface area contributed by atoms with Gasteiger partial charge in [-0.1, -0.05) is 24.3 Å². The predicted molar refractivity (Wildman–Crippen MR) is 111 cm³/mol. The molecule has 0 N–H and O–H groups in total. The molecule has 0 radical (unpaired) electrons. The summed E-state index contributed by atoms with van der Waals surface area (Å²) in [6.07, 6.45) is 0.863. The van der Waals surface area contributed by atoms with E-state index in [9.17, 15) is 14.4 Å². The van der Waals surface area contributed by atoms with Crippen LogP contribution in [0.15, 0.2) is 52.8 Å². The Bertz CT molecular complexity index is 1070. The first-order valence-electron chi connectivity index (χ1n) is 9.87. The number of anilines is 1. The minimum absolute atomic E-state index is 0.139. The van der Waals surface area contributed by atoms with Crippen molar-refractivity contribution in [3.05, 3.63) is 59.2 Å². The maximum absolute atomic E-state index is 13.2. The Morgan fingerprint density at radius 1 is 1.06 bits per heavy atom. The van der Waals surface area contributed by atoms with Crippen LogP contribution in [0.4, 0.5) is 5.69 Å². The van der Waals surface area contributed by atoms with Crippen LogP contribution in [0.3, 0.4) is 0 Å². The highest BCUT2D eigenvalue weighted by Gasteiger charge is 2.54. The molecule has 2 aliphatic heterocycles. The first-order chi connectivity index (χ1) is 15.0. The quantitative estimate of drug-likeness (QED) is 0.524. The number of hydrogen-bond donors (Lipinski definition) is 0. The van der Waals surface area contributed by atoms with Gasteiger partial charge in [-0.25, -0.2) is 9.69 Å². The first kappa shape index (κ1) is 20.5. The minimum atomic E-state index is -0.895. The smallest absolute Gasteiger partial charge is 0.337 e. The zero-order chi connectivity index (χ0) is 22.1. The molecule has 2 heterocycles. The van der Waals surface area contributed by atoms with Crippen molar-refractivity contribution in [2.75, 3.05) is 19.1 Å². The Labute approximate surface area is 179 Å². The Morgan fingerprint density at radius 2 is 1.81 bits per heavy atom.